The summed E-state index contributed by atoms with van der Waals surface area (Å²) in [5, 5.41) is 10.7. The van der Waals surface area contributed by atoms with Gasteiger partial charge in [0.2, 0.25) is 0 Å². The molecular weight excluding hydrogens is 1330 g/mol. The second kappa shape index (κ2) is 73.2. The van der Waals surface area contributed by atoms with E-state index in [1.165, 1.54) is 238 Å². The predicted molar refractivity (Wildman–Crippen MR) is 418 cm³/mol. The maximum atomic E-state index is 13.1. The lowest BCUT2D eigenvalue weighted by molar-refractivity contribution is -0.161. The molecule has 3 unspecified atom stereocenters. The molecule has 0 aliphatic carbocycles. The second-order valence-corrected chi connectivity index (χ2v) is 34.0. The Balaban J connectivity index is 5.22. The molecule has 0 aromatic heterocycles. The number of carbonyl (C=O) groups is 4. The number of unbranched alkanes of at least 4 members (excludes halogenated alkanes) is 48. The highest BCUT2D eigenvalue weighted by Crippen LogP contribution is 2.45. The predicted octanol–water partition coefficient (Wildman–Crippen LogP) is 24.9. The van der Waals surface area contributed by atoms with E-state index in [4.69, 9.17) is 37.0 Å². The molecule has 0 rings (SSSR count). The minimum absolute atomic E-state index is 0.107. The van der Waals surface area contributed by atoms with E-state index in [2.05, 4.69) is 48.5 Å². The molecule has 6 atom stereocenters. The first-order valence-corrected chi connectivity index (χ1v) is 45.9. The van der Waals surface area contributed by atoms with Gasteiger partial charge in [-0.25, -0.2) is 9.13 Å². The van der Waals surface area contributed by atoms with Crippen LogP contribution in [0.1, 0.15) is 434 Å². The molecular formula is C83H162O17P2. The molecule has 0 bridgehead atoms. The van der Waals surface area contributed by atoms with Gasteiger partial charge >= 0.3 is 39.5 Å². The van der Waals surface area contributed by atoms with Gasteiger partial charge in [-0.1, -0.05) is 382 Å². The Bertz CT molecular complexity index is 1980. The van der Waals surface area contributed by atoms with Crippen LogP contribution in [0.25, 0.3) is 0 Å². The maximum absolute atomic E-state index is 13.1. The molecule has 0 spiro atoms. The molecule has 17 nitrogen and oxygen atoms in total. The topological polar surface area (TPSA) is 237 Å². The smallest absolute Gasteiger partial charge is 0.462 e. The van der Waals surface area contributed by atoms with E-state index >= 15 is 0 Å². The zero-order valence-electron chi connectivity index (χ0n) is 67.1. The Kier molecular flexibility index (Phi) is 71.8. The van der Waals surface area contributed by atoms with Gasteiger partial charge in [0.25, 0.3) is 0 Å². The summed E-state index contributed by atoms with van der Waals surface area (Å²) in [4.78, 5) is 73.1. The van der Waals surface area contributed by atoms with Crippen LogP contribution in [0.4, 0.5) is 0 Å². The third-order valence-corrected chi connectivity index (χ3v) is 21.6. The van der Waals surface area contributed by atoms with Crippen molar-refractivity contribution in [2.45, 2.75) is 452 Å². The molecule has 0 radical (unpaired) electrons. The first-order chi connectivity index (χ1) is 49.3. The first kappa shape index (κ1) is 100. The molecule has 0 aliphatic rings. The molecule has 102 heavy (non-hydrogen) atoms. The van der Waals surface area contributed by atoms with Gasteiger partial charge in [0.1, 0.15) is 19.3 Å². The fraction of sp³-hybridized carbons (Fsp3) is 0.952. The molecule has 0 saturated carbocycles. The van der Waals surface area contributed by atoms with Gasteiger partial charge in [-0.3, -0.25) is 37.3 Å². The van der Waals surface area contributed by atoms with Gasteiger partial charge in [0.05, 0.1) is 26.4 Å². The lowest BCUT2D eigenvalue weighted by Gasteiger charge is -2.21. The van der Waals surface area contributed by atoms with Crippen LogP contribution in [0.3, 0.4) is 0 Å². The summed E-state index contributed by atoms with van der Waals surface area (Å²) in [6.07, 6.45) is 62.5. The van der Waals surface area contributed by atoms with Crippen LogP contribution in [-0.4, -0.2) is 96.7 Å². The van der Waals surface area contributed by atoms with E-state index in [0.29, 0.717) is 31.6 Å². The van der Waals surface area contributed by atoms with Crippen LogP contribution in [-0.2, 0) is 65.4 Å². The van der Waals surface area contributed by atoms with Gasteiger partial charge in [0, 0.05) is 25.7 Å². The summed E-state index contributed by atoms with van der Waals surface area (Å²) in [5.41, 5.74) is 0. The number of phosphoric acid groups is 2. The van der Waals surface area contributed by atoms with E-state index in [-0.39, 0.29) is 25.7 Å². The standard InChI is InChI=1S/C83H162O17P2/c1-8-10-11-12-13-14-15-16-21-25-32-37-44-52-59-66-83(88)100-79(71-94-81(86)65-58-51-46-39-41-48-55-62-75(5)6)73-98-102(91,92)96-69-77(84)68-95-101(89,90)97-72-78(70-93-80(85)64-57-50-43-36-31-28-27-29-34-40-47-54-61-74(3)4)99-82(87)67-60-53-45-38-33-26-23-20-18-17-19-22-24-30-35-42-49-56-63-76(7)9-2/h74-79,84H,8-73H2,1-7H3,(H,89,90)(H,91,92)/t76?,77-,78-,79-/m1/s1. The minimum Gasteiger partial charge on any atom is -0.462 e. The van der Waals surface area contributed by atoms with Crippen LogP contribution < -0.4 is 0 Å². The molecule has 606 valence electrons. The molecule has 0 heterocycles. The Morgan fingerprint density at radius 3 is 0.745 bits per heavy atom. The van der Waals surface area contributed by atoms with Crippen LogP contribution in [0.15, 0.2) is 0 Å². The van der Waals surface area contributed by atoms with Crippen molar-refractivity contribution in [1.29, 1.82) is 0 Å². The lowest BCUT2D eigenvalue weighted by atomic mass is 9.99. The van der Waals surface area contributed by atoms with Gasteiger partial charge in [0.15, 0.2) is 12.2 Å². The summed E-state index contributed by atoms with van der Waals surface area (Å²) in [5.74, 6) is 0.249. The zero-order valence-corrected chi connectivity index (χ0v) is 68.9. The molecule has 0 saturated heterocycles. The van der Waals surface area contributed by atoms with Crippen molar-refractivity contribution >= 4 is 39.5 Å². The number of esters is 4. The highest BCUT2D eigenvalue weighted by Gasteiger charge is 2.30. The van der Waals surface area contributed by atoms with Crippen molar-refractivity contribution in [3.05, 3.63) is 0 Å². The van der Waals surface area contributed by atoms with Crippen molar-refractivity contribution in [1.82, 2.24) is 0 Å². The van der Waals surface area contributed by atoms with Gasteiger partial charge < -0.3 is 33.8 Å². The third kappa shape index (κ3) is 74.9. The summed E-state index contributed by atoms with van der Waals surface area (Å²) in [6.45, 7) is 12.0. The van der Waals surface area contributed by atoms with Crippen molar-refractivity contribution in [3.63, 3.8) is 0 Å². The van der Waals surface area contributed by atoms with Crippen molar-refractivity contribution in [3.8, 4) is 0 Å². The van der Waals surface area contributed by atoms with E-state index in [1.807, 2.05) is 0 Å². The Morgan fingerprint density at radius 1 is 0.284 bits per heavy atom. The number of rotatable bonds is 81. The number of phosphoric ester groups is 2. The number of aliphatic hydroxyl groups excluding tert-OH is 1. The van der Waals surface area contributed by atoms with E-state index < -0.39 is 97.5 Å². The van der Waals surface area contributed by atoms with Crippen LogP contribution >= 0.6 is 15.6 Å². The number of ether oxygens (including phenoxy) is 4. The average molecular weight is 1490 g/mol. The number of aliphatic hydroxyl groups is 1. The highest BCUT2D eigenvalue weighted by atomic mass is 31.2. The maximum Gasteiger partial charge on any atom is 0.472 e. The Hall–Kier alpha value is -1.94. The molecule has 19 heteroatoms. The quantitative estimate of drug-likeness (QED) is 0.0222. The molecule has 0 aliphatic heterocycles. The van der Waals surface area contributed by atoms with Crippen LogP contribution in [0.2, 0.25) is 0 Å². The molecule has 0 aromatic rings. The summed E-state index contributed by atoms with van der Waals surface area (Å²) < 4.78 is 68.8. The van der Waals surface area contributed by atoms with Gasteiger partial charge in [-0.05, 0) is 43.4 Å². The van der Waals surface area contributed by atoms with Crippen molar-refractivity contribution in [2.24, 2.45) is 17.8 Å². The fourth-order valence-corrected chi connectivity index (χ4v) is 14.4. The monoisotopic (exact) mass is 1490 g/mol. The number of hydrogen-bond acceptors (Lipinski definition) is 15. The van der Waals surface area contributed by atoms with Crippen LogP contribution in [0, 0.1) is 17.8 Å². The highest BCUT2D eigenvalue weighted by molar-refractivity contribution is 7.47. The number of hydrogen-bond donors (Lipinski definition) is 3. The SMILES string of the molecule is CCCCCCCCCCCCCCCCCC(=O)O[C@H](COC(=O)CCCCCCCCCC(C)C)COP(=O)(O)OC[C@H](O)COP(=O)(O)OC[C@@H](COC(=O)CCCCCCCCCCCCCCC(C)C)OC(=O)CCCCCCCCCCCCCCCCCCCCC(C)CC. The normalized spacial score (nSPS) is 14.2. The number of carbonyl (C=O) groups excluding carboxylic acids is 4. The first-order valence-electron chi connectivity index (χ1n) is 42.9. The average Bonchev–Trinajstić information content (AvgIpc) is 0.935. The largest absolute Gasteiger partial charge is 0.472 e. The minimum atomic E-state index is -4.96. The van der Waals surface area contributed by atoms with Crippen molar-refractivity contribution in [2.75, 3.05) is 39.6 Å². The molecule has 0 amide bonds. The van der Waals surface area contributed by atoms with E-state index in [0.717, 1.165) is 108 Å². The Morgan fingerprint density at radius 2 is 0.500 bits per heavy atom. The van der Waals surface area contributed by atoms with Gasteiger partial charge in [-0.15, -0.1) is 0 Å². The summed E-state index contributed by atoms with van der Waals surface area (Å²) in [7, 11) is -9.92. The zero-order chi connectivity index (χ0) is 75.1. The van der Waals surface area contributed by atoms with Crippen LogP contribution in [0.5, 0.6) is 0 Å². The van der Waals surface area contributed by atoms with E-state index in [9.17, 15) is 43.2 Å². The lowest BCUT2D eigenvalue weighted by Crippen LogP contribution is -2.30. The molecule has 3 N–H and O–H groups in total. The Labute approximate surface area is 626 Å². The summed E-state index contributed by atoms with van der Waals surface area (Å²) in [6, 6.07) is 0. The molecule has 0 fully saturated rings. The van der Waals surface area contributed by atoms with E-state index in [1.54, 1.807) is 0 Å². The summed E-state index contributed by atoms with van der Waals surface area (Å²) >= 11 is 0. The van der Waals surface area contributed by atoms with Gasteiger partial charge in [-0.2, -0.15) is 0 Å². The van der Waals surface area contributed by atoms with Crippen molar-refractivity contribution < 1.29 is 80.2 Å². The molecule has 0 aromatic carbocycles. The third-order valence-electron chi connectivity index (χ3n) is 19.7. The fourth-order valence-electron chi connectivity index (χ4n) is 12.8. The second-order valence-electron chi connectivity index (χ2n) is 31.1.